The Hall–Kier alpha value is -1.85. The minimum atomic E-state index is -1.06. The van der Waals surface area contributed by atoms with Crippen LogP contribution in [0.4, 0.5) is 0 Å². The lowest BCUT2D eigenvalue weighted by molar-refractivity contribution is -0.131. The molecule has 1 aliphatic heterocycles. The molecule has 0 spiro atoms. The summed E-state index contributed by atoms with van der Waals surface area (Å²) in [6, 6.07) is 4.71. The minimum Gasteiger partial charge on any atom is -0.478 e. The highest BCUT2D eigenvalue weighted by molar-refractivity contribution is 6.32. The first-order valence-electron chi connectivity index (χ1n) is 6.51. The van der Waals surface area contributed by atoms with E-state index in [1.165, 1.54) is 12.1 Å². The van der Waals surface area contributed by atoms with Gasteiger partial charge in [0.15, 0.2) is 0 Å². The van der Waals surface area contributed by atoms with Crippen LogP contribution in [-0.2, 0) is 4.79 Å². The van der Waals surface area contributed by atoms with E-state index in [-0.39, 0.29) is 5.91 Å². The van der Waals surface area contributed by atoms with E-state index in [1.54, 1.807) is 24.0 Å². The van der Waals surface area contributed by atoms with Gasteiger partial charge in [-0.25, -0.2) is 4.79 Å². The molecule has 2 rings (SSSR count). The summed E-state index contributed by atoms with van der Waals surface area (Å²) in [6.07, 6.45) is 2.91. The Balaban J connectivity index is 2.17. The number of amides is 1. The predicted molar refractivity (Wildman–Crippen MR) is 79.3 cm³/mol. The van der Waals surface area contributed by atoms with Crippen molar-refractivity contribution in [3.8, 4) is 0 Å². The van der Waals surface area contributed by atoms with E-state index in [0.29, 0.717) is 35.7 Å². The molecule has 1 heterocycles. The summed E-state index contributed by atoms with van der Waals surface area (Å²) in [6.45, 7) is 2.50. The highest BCUT2D eigenvalue weighted by Crippen LogP contribution is 2.24. The van der Waals surface area contributed by atoms with E-state index in [2.05, 4.69) is 0 Å². The first kappa shape index (κ1) is 15.5. The van der Waals surface area contributed by atoms with Crippen LogP contribution in [0.3, 0.4) is 0 Å². The first-order chi connectivity index (χ1) is 9.78. The van der Waals surface area contributed by atoms with Crippen molar-refractivity contribution in [1.82, 2.24) is 4.90 Å². The molecule has 0 bridgehead atoms. The number of carbonyl (C=O) groups is 2. The van der Waals surface area contributed by atoms with Crippen molar-refractivity contribution in [1.29, 1.82) is 0 Å². The number of hydrogen-bond acceptors (Lipinski definition) is 3. The molecule has 1 atom stereocenters. The highest BCUT2D eigenvalue weighted by Gasteiger charge is 2.34. The van der Waals surface area contributed by atoms with Crippen LogP contribution in [0.15, 0.2) is 24.3 Å². The molecule has 0 radical (unpaired) electrons. The van der Waals surface area contributed by atoms with Crippen LogP contribution in [0, 0.1) is 0 Å². The van der Waals surface area contributed by atoms with Crippen molar-refractivity contribution in [2.75, 3.05) is 13.1 Å². The molecule has 1 unspecified atom stereocenters. The second-order valence-electron chi connectivity index (χ2n) is 5.38. The number of nitrogens with zero attached hydrogens (tertiary/aromatic N) is 1. The fourth-order valence-electron chi connectivity index (χ4n) is 2.26. The molecule has 1 aromatic carbocycles. The number of rotatable bonds is 3. The first-order valence-corrected chi connectivity index (χ1v) is 6.88. The fourth-order valence-corrected chi connectivity index (χ4v) is 2.50. The van der Waals surface area contributed by atoms with Crippen molar-refractivity contribution >= 4 is 29.6 Å². The second kappa shape index (κ2) is 5.87. The van der Waals surface area contributed by atoms with Crippen LogP contribution in [0.5, 0.6) is 0 Å². The Bertz CT molecular complexity index is 610. The topological polar surface area (TPSA) is 77.8 Å². The summed E-state index contributed by atoms with van der Waals surface area (Å²) in [7, 11) is 0. The van der Waals surface area contributed by atoms with Gasteiger partial charge in [-0.2, -0.15) is 0 Å². The predicted octanol–water partition coefficient (Wildman–Crippen LogP) is 2.03. The quantitative estimate of drug-likeness (QED) is 0.838. The third kappa shape index (κ3) is 3.83. The lowest BCUT2D eigenvalue weighted by atomic mass is 10.1. The van der Waals surface area contributed by atoms with Crippen molar-refractivity contribution in [3.05, 3.63) is 40.4 Å². The monoisotopic (exact) mass is 309 g/mol. The van der Waals surface area contributed by atoms with Crippen molar-refractivity contribution < 1.29 is 19.8 Å². The van der Waals surface area contributed by atoms with Crippen molar-refractivity contribution in [2.24, 2.45) is 0 Å². The number of likely N-dealkylation sites (tertiary alicyclic amines) is 1. The summed E-state index contributed by atoms with van der Waals surface area (Å²) in [5.41, 5.74) is 0.109. The summed E-state index contributed by atoms with van der Waals surface area (Å²) < 4.78 is 0. The SMILES string of the molecule is CC1(O)CCN(C(=O)c2ccc(/C=C/C(=O)O)c(Cl)c2)C1. The van der Waals surface area contributed by atoms with E-state index in [4.69, 9.17) is 16.7 Å². The van der Waals surface area contributed by atoms with E-state index in [9.17, 15) is 14.7 Å². The Morgan fingerprint density at radius 2 is 2.14 bits per heavy atom. The summed E-state index contributed by atoms with van der Waals surface area (Å²) in [5, 5.41) is 18.8. The molecule has 1 aliphatic rings. The summed E-state index contributed by atoms with van der Waals surface area (Å²) >= 11 is 6.06. The Labute approximate surface area is 127 Å². The lowest BCUT2D eigenvalue weighted by Gasteiger charge is -2.19. The van der Waals surface area contributed by atoms with Crippen LogP contribution < -0.4 is 0 Å². The zero-order valence-corrected chi connectivity index (χ0v) is 12.3. The van der Waals surface area contributed by atoms with Gasteiger partial charge in [0.05, 0.1) is 5.60 Å². The van der Waals surface area contributed by atoms with Gasteiger partial charge in [-0.15, -0.1) is 0 Å². The lowest BCUT2D eigenvalue weighted by Crippen LogP contribution is -2.33. The number of carboxylic acid groups (broad SMARTS) is 1. The van der Waals surface area contributed by atoms with Gasteiger partial charge in [0.1, 0.15) is 0 Å². The Morgan fingerprint density at radius 1 is 1.43 bits per heavy atom. The molecule has 2 N–H and O–H groups in total. The van der Waals surface area contributed by atoms with E-state index in [1.807, 2.05) is 0 Å². The number of halogens is 1. The van der Waals surface area contributed by atoms with Crippen molar-refractivity contribution in [2.45, 2.75) is 18.9 Å². The Morgan fingerprint density at radius 3 is 2.67 bits per heavy atom. The van der Waals surface area contributed by atoms with Gasteiger partial charge >= 0.3 is 5.97 Å². The van der Waals surface area contributed by atoms with Crippen LogP contribution in [-0.4, -0.2) is 45.7 Å². The van der Waals surface area contributed by atoms with Gasteiger partial charge < -0.3 is 15.1 Å². The molecule has 0 aliphatic carbocycles. The van der Waals surface area contributed by atoms with Gasteiger partial charge in [0, 0.05) is 29.8 Å². The van der Waals surface area contributed by atoms with Crippen LogP contribution in [0.25, 0.3) is 6.08 Å². The maximum atomic E-state index is 12.3. The van der Waals surface area contributed by atoms with Gasteiger partial charge in [0.2, 0.25) is 0 Å². The molecule has 21 heavy (non-hydrogen) atoms. The van der Waals surface area contributed by atoms with Crippen LogP contribution in [0.1, 0.15) is 29.3 Å². The molecule has 1 aromatic rings. The molecule has 0 saturated carbocycles. The number of aliphatic carboxylic acids is 1. The minimum absolute atomic E-state index is 0.191. The zero-order valence-electron chi connectivity index (χ0n) is 11.5. The standard InChI is InChI=1S/C15H16ClNO4/c1-15(21)6-7-17(9-15)14(20)11-3-2-10(12(16)8-11)4-5-13(18)19/h2-5,8,21H,6-7,9H2,1H3,(H,18,19)/b5-4+. The van der Waals surface area contributed by atoms with Crippen LogP contribution in [0.2, 0.25) is 5.02 Å². The van der Waals surface area contributed by atoms with E-state index in [0.717, 1.165) is 6.08 Å². The number of hydrogen-bond donors (Lipinski definition) is 2. The number of benzene rings is 1. The maximum Gasteiger partial charge on any atom is 0.328 e. The molecular formula is C15H16ClNO4. The molecule has 0 aromatic heterocycles. The summed E-state index contributed by atoms with van der Waals surface area (Å²) in [4.78, 5) is 24.4. The largest absolute Gasteiger partial charge is 0.478 e. The van der Waals surface area contributed by atoms with Gasteiger partial charge in [0.25, 0.3) is 5.91 Å². The average Bonchev–Trinajstić information content (AvgIpc) is 2.76. The van der Waals surface area contributed by atoms with E-state index < -0.39 is 11.6 Å². The molecule has 6 heteroatoms. The third-order valence-corrected chi connectivity index (χ3v) is 3.72. The molecule has 1 fully saturated rings. The van der Waals surface area contributed by atoms with Gasteiger partial charge in [-0.05, 0) is 37.1 Å². The molecule has 1 saturated heterocycles. The summed E-state index contributed by atoms with van der Waals surface area (Å²) in [5.74, 6) is -1.26. The second-order valence-corrected chi connectivity index (χ2v) is 5.79. The van der Waals surface area contributed by atoms with E-state index >= 15 is 0 Å². The van der Waals surface area contributed by atoms with Crippen LogP contribution >= 0.6 is 11.6 Å². The fraction of sp³-hybridized carbons (Fsp3) is 0.333. The molecule has 5 nitrogen and oxygen atoms in total. The normalized spacial score (nSPS) is 22.0. The average molecular weight is 310 g/mol. The Kier molecular flexibility index (Phi) is 4.34. The van der Waals surface area contributed by atoms with Gasteiger partial charge in [-0.1, -0.05) is 17.7 Å². The number of β-amino-alcohol motifs (C(OH)–C–C–N with tert-alkyl or cyclic N) is 1. The zero-order chi connectivity index (χ0) is 15.6. The van der Waals surface area contributed by atoms with Crippen molar-refractivity contribution in [3.63, 3.8) is 0 Å². The maximum absolute atomic E-state index is 12.3. The molecular weight excluding hydrogens is 294 g/mol. The molecule has 1 amide bonds. The highest BCUT2D eigenvalue weighted by atomic mass is 35.5. The third-order valence-electron chi connectivity index (χ3n) is 3.39. The smallest absolute Gasteiger partial charge is 0.328 e. The number of carbonyl (C=O) groups excluding carboxylic acids is 1. The molecule has 112 valence electrons. The number of carboxylic acids is 1. The van der Waals surface area contributed by atoms with Gasteiger partial charge in [-0.3, -0.25) is 4.79 Å². The number of aliphatic hydroxyl groups is 1.